The molecule has 9 nitrogen and oxygen atoms in total. The average molecular weight is 529 g/mol. The number of amidine groups is 1. The molecule has 3 N–H and O–H groups in total. The first-order chi connectivity index (χ1) is 13.9. The van der Waals surface area contributed by atoms with Crippen molar-refractivity contribution in [2.75, 3.05) is 5.32 Å². The number of rotatable bonds is 2. The Morgan fingerprint density at radius 1 is 1.33 bits per heavy atom. The minimum atomic E-state index is -1.26. The summed E-state index contributed by atoms with van der Waals surface area (Å²) in [7, 11) is 0. The van der Waals surface area contributed by atoms with Gasteiger partial charge in [-0.2, -0.15) is 0 Å². The van der Waals surface area contributed by atoms with Crippen LogP contribution in [0.2, 0.25) is 0 Å². The fourth-order valence-corrected chi connectivity index (χ4v) is 3.64. The molecule has 3 rings (SSSR count). The van der Waals surface area contributed by atoms with E-state index in [4.69, 9.17) is 9.84 Å². The Morgan fingerprint density at radius 2 is 2.03 bits per heavy atom. The van der Waals surface area contributed by atoms with Crippen LogP contribution in [0.5, 0.6) is 0 Å². The van der Waals surface area contributed by atoms with Crippen LogP contribution in [-0.2, 0) is 16.8 Å². The highest BCUT2D eigenvalue weighted by molar-refractivity contribution is 14.1. The summed E-state index contributed by atoms with van der Waals surface area (Å²) < 4.78 is 22.6. The summed E-state index contributed by atoms with van der Waals surface area (Å²) in [6, 6.07) is 3.90. The molecule has 0 saturated heterocycles. The van der Waals surface area contributed by atoms with Crippen molar-refractivity contribution in [3.63, 3.8) is 0 Å². The third-order valence-electron chi connectivity index (χ3n) is 4.26. The van der Waals surface area contributed by atoms with Gasteiger partial charge in [-0.1, -0.05) is 0 Å². The summed E-state index contributed by atoms with van der Waals surface area (Å²) in [5.41, 5.74) is -1.47. The number of amides is 2. The third-order valence-corrected chi connectivity index (χ3v) is 5.12. The summed E-state index contributed by atoms with van der Waals surface area (Å²) in [6.45, 7) is 7.15. The summed E-state index contributed by atoms with van der Waals surface area (Å²) in [5, 5.41) is 13.8. The number of alkyl carbamates (subject to hydrolysis) is 1. The standard InChI is InChI=1S/C19H21FIN5O4/c1-18(2,3)30-17(29)24-14-15-22-8-13(21)26(15)9-19(4,25-14)11-7-10(23-16(27)28)5-6-12(11)20/h5-8,23H,9H2,1-4H3,(H,27,28)(H,24,25,29). The zero-order valence-corrected chi connectivity index (χ0v) is 18.9. The van der Waals surface area contributed by atoms with Gasteiger partial charge in [0.1, 0.15) is 20.7 Å². The van der Waals surface area contributed by atoms with Crippen molar-refractivity contribution in [2.45, 2.75) is 45.4 Å². The van der Waals surface area contributed by atoms with Gasteiger partial charge in [0, 0.05) is 11.3 Å². The topological polar surface area (TPSA) is 118 Å². The van der Waals surface area contributed by atoms with Gasteiger partial charge in [0.2, 0.25) is 0 Å². The molecule has 0 radical (unpaired) electrons. The Morgan fingerprint density at radius 3 is 2.67 bits per heavy atom. The van der Waals surface area contributed by atoms with Crippen LogP contribution in [0.4, 0.5) is 19.7 Å². The van der Waals surface area contributed by atoms with E-state index in [1.807, 2.05) is 0 Å². The molecule has 0 bridgehead atoms. The molecule has 2 aromatic rings. The van der Waals surface area contributed by atoms with Crippen LogP contribution >= 0.6 is 22.6 Å². The number of hydrogen-bond acceptors (Lipinski definition) is 5. The number of imidazole rings is 1. The molecule has 160 valence electrons. The van der Waals surface area contributed by atoms with E-state index in [1.165, 1.54) is 18.2 Å². The molecule has 1 aromatic heterocycles. The number of carboxylic acid groups (broad SMARTS) is 1. The Bertz CT molecular complexity index is 1050. The van der Waals surface area contributed by atoms with Gasteiger partial charge in [-0.15, -0.1) is 0 Å². The van der Waals surface area contributed by atoms with Crippen LogP contribution in [0, 0.1) is 9.52 Å². The first-order valence-corrected chi connectivity index (χ1v) is 10.1. The Labute approximate surface area is 185 Å². The van der Waals surface area contributed by atoms with Crippen molar-refractivity contribution in [3.8, 4) is 0 Å². The normalized spacial score (nSPS) is 18.3. The van der Waals surface area contributed by atoms with Crippen molar-refractivity contribution in [3.05, 3.63) is 45.3 Å². The molecule has 30 heavy (non-hydrogen) atoms. The highest BCUT2D eigenvalue weighted by Crippen LogP contribution is 2.35. The highest BCUT2D eigenvalue weighted by atomic mass is 127. The first kappa shape index (κ1) is 22.0. The minimum Gasteiger partial charge on any atom is -0.465 e. The number of halogens is 2. The second-order valence-corrected chi connectivity index (χ2v) is 9.08. The minimum absolute atomic E-state index is 0.136. The van der Waals surface area contributed by atoms with Crippen molar-refractivity contribution in [1.82, 2.24) is 14.9 Å². The number of anilines is 1. The molecule has 0 fully saturated rings. The van der Waals surface area contributed by atoms with Crippen LogP contribution in [0.25, 0.3) is 0 Å². The number of carbonyl (C=O) groups is 2. The maximum Gasteiger partial charge on any atom is 0.413 e. The number of nitrogens with one attached hydrogen (secondary N) is 2. The van der Waals surface area contributed by atoms with E-state index in [-0.39, 0.29) is 23.6 Å². The van der Waals surface area contributed by atoms with Crippen LogP contribution < -0.4 is 10.6 Å². The molecular weight excluding hydrogens is 508 g/mol. The second-order valence-electron chi connectivity index (χ2n) is 7.98. The summed E-state index contributed by atoms with van der Waals surface area (Å²) in [5.74, 6) is 0.00671. The number of fused-ring (bicyclic) bond motifs is 1. The van der Waals surface area contributed by atoms with Crippen LogP contribution in [0.1, 0.15) is 39.1 Å². The van der Waals surface area contributed by atoms with E-state index in [9.17, 15) is 14.0 Å². The van der Waals surface area contributed by atoms with Gasteiger partial charge in [0.15, 0.2) is 11.7 Å². The molecule has 1 aliphatic rings. The first-order valence-electron chi connectivity index (χ1n) is 8.99. The second kappa shape index (κ2) is 7.85. The van der Waals surface area contributed by atoms with Crippen molar-refractivity contribution in [2.24, 2.45) is 4.99 Å². The van der Waals surface area contributed by atoms with E-state index >= 15 is 0 Å². The van der Waals surface area contributed by atoms with Crippen molar-refractivity contribution < 1.29 is 23.8 Å². The highest BCUT2D eigenvalue weighted by Gasteiger charge is 2.37. The van der Waals surface area contributed by atoms with Gasteiger partial charge in [-0.05, 0) is 68.5 Å². The number of ether oxygens (including phenoxy) is 1. The zero-order chi connectivity index (χ0) is 22.3. The summed E-state index contributed by atoms with van der Waals surface area (Å²) >= 11 is 2.09. The smallest absolute Gasteiger partial charge is 0.413 e. The lowest BCUT2D eigenvalue weighted by Gasteiger charge is -2.33. The molecule has 1 unspecified atom stereocenters. The van der Waals surface area contributed by atoms with Gasteiger partial charge in [-0.25, -0.2) is 19.0 Å². The monoisotopic (exact) mass is 529 g/mol. The number of benzene rings is 1. The van der Waals surface area contributed by atoms with Gasteiger partial charge in [-0.3, -0.25) is 15.6 Å². The van der Waals surface area contributed by atoms with E-state index < -0.39 is 29.1 Å². The molecule has 0 saturated carbocycles. The molecule has 0 spiro atoms. The van der Waals surface area contributed by atoms with E-state index in [0.29, 0.717) is 5.82 Å². The van der Waals surface area contributed by atoms with Crippen molar-refractivity contribution in [1.29, 1.82) is 0 Å². The molecule has 2 heterocycles. The average Bonchev–Trinajstić information content (AvgIpc) is 2.95. The van der Waals surface area contributed by atoms with Crippen molar-refractivity contribution >= 4 is 46.3 Å². The fraction of sp³-hybridized carbons (Fsp3) is 0.368. The van der Waals surface area contributed by atoms with Gasteiger partial charge in [0.05, 0.1) is 12.7 Å². The van der Waals surface area contributed by atoms with Gasteiger partial charge >= 0.3 is 12.2 Å². The number of aliphatic imine (C=N–C) groups is 1. The quantitative estimate of drug-likeness (QED) is 0.510. The summed E-state index contributed by atoms with van der Waals surface area (Å²) in [6.07, 6.45) is -0.354. The van der Waals surface area contributed by atoms with Gasteiger partial charge < -0.3 is 14.4 Å². The zero-order valence-electron chi connectivity index (χ0n) is 16.8. The predicted octanol–water partition coefficient (Wildman–Crippen LogP) is 3.92. The molecule has 2 amide bonds. The third kappa shape index (κ3) is 4.71. The van der Waals surface area contributed by atoms with Crippen LogP contribution in [0.15, 0.2) is 29.4 Å². The van der Waals surface area contributed by atoms with Gasteiger partial charge in [0.25, 0.3) is 0 Å². The molecule has 11 heteroatoms. The summed E-state index contributed by atoms with van der Waals surface area (Å²) in [4.78, 5) is 32.2. The maximum atomic E-state index is 14.8. The Balaban J connectivity index is 2.05. The number of aromatic nitrogens is 2. The van der Waals surface area contributed by atoms with E-state index in [2.05, 4.69) is 43.2 Å². The van der Waals surface area contributed by atoms with E-state index in [1.54, 1.807) is 38.5 Å². The predicted molar refractivity (Wildman–Crippen MR) is 116 cm³/mol. The van der Waals surface area contributed by atoms with Crippen LogP contribution in [-0.4, -0.2) is 38.3 Å². The maximum absolute atomic E-state index is 14.8. The molecule has 1 aliphatic heterocycles. The number of hydrogen-bond donors (Lipinski definition) is 3. The molecule has 0 aliphatic carbocycles. The fourth-order valence-electron chi connectivity index (χ4n) is 3.10. The molecule has 1 aromatic carbocycles. The van der Waals surface area contributed by atoms with E-state index in [0.717, 1.165) is 3.70 Å². The molecule has 1 atom stereocenters. The SMILES string of the molecule is CC(C)(C)OC(=O)NC1=NC(C)(c2cc(NC(=O)O)ccc2F)Cn2c(I)cnc21. The largest absolute Gasteiger partial charge is 0.465 e. The molecular formula is C19H21FIN5O4. The lowest BCUT2D eigenvalue weighted by Crippen LogP contribution is -2.44. The Hall–Kier alpha value is -2.70. The van der Waals surface area contributed by atoms with Crippen LogP contribution in [0.3, 0.4) is 0 Å². The lowest BCUT2D eigenvalue weighted by atomic mass is 9.90. The Kier molecular flexibility index (Phi) is 5.76. The lowest BCUT2D eigenvalue weighted by molar-refractivity contribution is 0.0562. The number of carbonyl (C=O) groups excluding carboxylic acids is 1. The number of nitrogens with zero attached hydrogens (tertiary/aromatic N) is 3.